The lowest BCUT2D eigenvalue weighted by molar-refractivity contribution is -0.137. The van der Waals surface area contributed by atoms with Gasteiger partial charge in [-0.2, -0.15) is 22.9 Å². The highest BCUT2D eigenvalue weighted by Gasteiger charge is 2.35. The lowest BCUT2D eigenvalue weighted by Gasteiger charge is -2.15. The molecule has 0 aliphatic heterocycles. The second kappa shape index (κ2) is 8.84. The Balaban J connectivity index is 2.15. The molecule has 2 heterocycles. The normalized spacial score (nSPS) is 12.3. The third-order valence-electron chi connectivity index (χ3n) is 4.83. The minimum atomic E-state index is -4.82. The standard InChI is InChI=1S/C19H20F3N5O5S/c1-3-4-5-11(28)10-33(31,32)25-27-17(29)13-8-12(16-6-7-23-26(16)2)14(19(20,21)22)9-15(13)24-18(27)30/h6-9,25H,3-5,10H2,1-2H3,(H,24,30). The van der Waals surface area contributed by atoms with Crippen LogP contribution in [0.15, 0.2) is 34.0 Å². The molecule has 0 bridgehead atoms. The van der Waals surface area contributed by atoms with E-state index in [2.05, 4.69) is 10.1 Å². The fourth-order valence-corrected chi connectivity index (χ4v) is 4.34. The van der Waals surface area contributed by atoms with Crippen molar-refractivity contribution in [1.82, 2.24) is 19.4 Å². The van der Waals surface area contributed by atoms with Crippen LogP contribution in [0.5, 0.6) is 0 Å². The van der Waals surface area contributed by atoms with Crippen LogP contribution in [0.2, 0.25) is 0 Å². The SMILES string of the molecule is CCCCC(=O)CS(=O)(=O)Nn1c(=O)[nH]c2cc(C(F)(F)F)c(-c3ccnn3C)cc2c1=O. The summed E-state index contributed by atoms with van der Waals surface area (Å²) in [5.74, 6) is -1.56. The third-order valence-corrected chi connectivity index (χ3v) is 5.99. The summed E-state index contributed by atoms with van der Waals surface area (Å²) in [5.41, 5.74) is -4.40. The van der Waals surface area contributed by atoms with E-state index in [1.807, 2.05) is 6.92 Å². The number of alkyl halides is 3. The molecule has 0 radical (unpaired) electrons. The number of benzene rings is 1. The van der Waals surface area contributed by atoms with E-state index < -0.39 is 50.1 Å². The van der Waals surface area contributed by atoms with E-state index in [0.29, 0.717) is 18.9 Å². The molecule has 0 unspecified atom stereocenters. The average molecular weight is 487 g/mol. The van der Waals surface area contributed by atoms with E-state index in [9.17, 15) is 36.0 Å². The molecule has 1 aromatic carbocycles. The second-order valence-corrected chi connectivity index (χ2v) is 9.05. The van der Waals surface area contributed by atoms with Crippen LogP contribution in [0, 0.1) is 0 Å². The van der Waals surface area contributed by atoms with Gasteiger partial charge in [0.2, 0.25) is 0 Å². The number of hydrogen-bond donors (Lipinski definition) is 2. The number of hydrogen-bond acceptors (Lipinski definition) is 6. The molecule has 0 saturated heterocycles. The molecule has 0 amide bonds. The van der Waals surface area contributed by atoms with Gasteiger partial charge in [0.05, 0.1) is 22.2 Å². The number of Topliss-reactive ketones (excluding diaryl/α,β-unsaturated/α-hetero) is 1. The summed E-state index contributed by atoms with van der Waals surface area (Å²) in [7, 11) is -3.01. The fourth-order valence-electron chi connectivity index (χ4n) is 3.26. The monoisotopic (exact) mass is 487 g/mol. The molecular weight excluding hydrogens is 467 g/mol. The van der Waals surface area contributed by atoms with Gasteiger partial charge in [-0.1, -0.05) is 13.3 Å². The first-order valence-corrected chi connectivity index (χ1v) is 11.4. The summed E-state index contributed by atoms with van der Waals surface area (Å²) >= 11 is 0. The number of rotatable bonds is 8. The van der Waals surface area contributed by atoms with E-state index in [1.165, 1.54) is 24.0 Å². The summed E-state index contributed by atoms with van der Waals surface area (Å²) in [4.78, 5) is 40.8. The number of sulfonamides is 1. The third kappa shape index (κ3) is 5.16. The Kier molecular flexibility index (Phi) is 6.49. The number of unbranched alkanes of at least 4 members (excludes halogenated alkanes) is 1. The van der Waals surface area contributed by atoms with Crippen molar-refractivity contribution >= 4 is 26.7 Å². The molecule has 0 atom stereocenters. The zero-order valence-electron chi connectivity index (χ0n) is 17.6. The number of fused-ring (bicyclic) bond motifs is 1. The van der Waals surface area contributed by atoms with Gasteiger partial charge in [0.15, 0.2) is 0 Å². The predicted octanol–water partition coefficient (Wildman–Crippen LogP) is 1.74. The van der Waals surface area contributed by atoms with Crippen molar-refractivity contribution in [3.8, 4) is 11.3 Å². The van der Waals surface area contributed by atoms with Crippen LogP contribution in [-0.4, -0.2) is 39.4 Å². The maximum atomic E-state index is 13.7. The lowest BCUT2D eigenvalue weighted by atomic mass is 10.0. The number of aryl methyl sites for hydroxylation is 1. The van der Waals surface area contributed by atoms with Gasteiger partial charge in [-0.15, -0.1) is 0 Å². The maximum Gasteiger partial charge on any atom is 0.417 e. The number of carbonyl (C=O) groups is 1. The summed E-state index contributed by atoms with van der Waals surface area (Å²) in [6.07, 6.45) is -2.39. The Morgan fingerprint density at radius 1 is 1.24 bits per heavy atom. The van der Waals surface area contributed by atoms with Crippen LogP contribution in [0.3, 0.4) is 0 Å². The quantitative estimate of drug-likeness (QED) is 0.497. The van der Waals surface area contributed by atoms with Crippen LogP contribution in [0.4, 0.5) is 13.2 Å². The highest BCUT2D eigenvalue weighted by molar-refractivity contribution is 7.93. The Hall–Kier alpha value is -3.42. The molecule has 0 aliphatic rings. The number of ketones is 1. The van der Waals surface area contributed by atoms with E-state index in [0.717, 1.165) is 6.07 Å². The Morgan fingerprint density at radius 2 is 1.94 bits per heavy atom. The lowest BCUT2D eigenvalue weighted by Crippen LogP contribution is -2.45. The van der Waals surface area contributed by atoms with Gasteiger partial charge in [0, 0.05) is 25.2 Å². The van der Waals surface area contributed by atoms with Crippen molar-refractivity contribution < 1.29 is 26.4 Å². The molecular formula is C19H20F3N5O5S. The molecule has 3 rings (SSSR count). The molecule has 2 aromatic heterocycles. The number of halogens is 3. The van der Waals surface area contributed by atoms with Gasteiger partial charge in [-0.3, -0.25) is 14.3 Å². The van der Waals surface area contributed by atoms with Gasteiger partial charge in [0.1, 0.15) is 11.5 Å². The maximum absolute atomic E-state index is 13.7. The van der Waals surface area contributed by atoms with Crippen molar-refractivity contribution in [3.05, 3.63) is 50.8 Å². The topological polar surface area (TPSA) is 136 Å². The van der Waals surface area contributed by atoms with Gasteiger partial charge in [0.25, 0.3) is 15.6 Å². The molecule has 14 heteroatoms. The van der Waals surface area contributed by atoms with E-state index in [1.54, 1.807) is 4.83 Å². The zero-order chi connectivity index (χ0) is 24.6. The Labute approximate surface area is 185 Å². The first-order valence-electron chi connectivity index (χ1n) is 9.75. The highest BCUT2D eigenvalue weighted by atomic mass is 32.2. The summed E-state index contributed by atoms with van der Waals surface area (Å²) < 4.78 is 66.9. The van der Waals surface area contributed by atoms with Crippen molar-refractivity contribution in [3.63, 3.8) is 0 Å². The van der Waals surface area contributed by atoms with Gasteiger partial charge in [-0.25, -0.2) is 18.0 Å². The smallest absolute Gasteiger partial charge is 0.305 e. The van der Waals surface area contributed by atoms with E-state index >= 15 is 0 Å². The number of aromatic nitrogens is 4. The van der Waals surface area contributed by atoms with Crippen molar-refractivity contribution in [1.29, 1.82) is 0 Å². The van der Waals surface area contributed by atoms with Crippen LogP contribution in [-0.2, 0) is 28.0 Å². The highest BCUT2D eigenvalue weighted by Crippen LogP contribution is 2.38. The molecule has 10 nitrogen and oxygen atoms in total. The van der Waals surface area contributed by atoms with E-state index in [-0.39, 0.29) is 27.7 Å². The number of nitrogens with one attached hydrogen (secondary N) is 2. The molecule has 33 heavy (non-hydrogen) atoms. The second-order valence-electron chi connectivity index (χ2n) is 7.34. The van der Waals surface area contributed by atoms with Crippen molar-refractivity contribution in [2.24, 2.45) is 7.05 Å². The fraction of sp³-hybridized carbons (Fsp3) is 0.368. The Morgan fingerprint density at radius 3 is 2.52 bits per heavy atom. The predicted molar refractivity (Wildman–Crippen MR) is 114 cm³/mol. The number of carbonyl (C=O) groups excluding carboxylic acids is 1. The van der Waals surface area contributed by atoms with Gasteiger partial charge in [-0.05, 0) is 24.6 Å². The Bertz CT molecular complexity index is 1440. The molecule has 2 N–H and O–H groups in total. The van der Waals surface area contributed by atoms with Crippen molar-refractivity contribution in [2.45, 2.75) is 32.4 Å². The molecule has 0 fully saturated rings. The molecule has 0 spiro atoms. The largest absolute Gasteiger partial charge is 0.417 e. The molecule has 3 aromatic rings. The summed E-state index contributed by atoms with van der Waals surface area (Å²) in [6, 6.07) is 2.82. The number of nitrogens with zero attached hydrogens (tertiary/aromatic N) is 3. The first-order chi connectivity index (χ1) is 15.3. The average Bonchev–Trinajstić information content (AvgIpc) is 3.13. The molecule has 178 valence electrons. The number of aromatic amines is 1. The number of H-pyrrole nitrogens is 1. The minimum Gasteiger partial charge on any atom is -0.305 e. The van der Waals surface area contributed by atoms with Crippen LogP contribution in [0.25, 0.3) is 22.2 Å². The van der Waals surface area contributed by atoms with Gasteiger partial charge >= 0.3 is 11.9 Å². The van der Waals surface area contributed by atoms with Crippen LogP contribution >= 0.6 is 0 Å². The molecule has 0 saturated carbocycles. The van der Waals surface area contributed by atoms with Gasteiger partial charge < -0.3 is 4.98 Å². The minimum absolute atomic E-state index is 0.00860. The summed E-state index contributed by atoms with van der Waals surface area (Å²) in [6.45, 7) is 1.82. The van der Waals surface area contributed by atoms with Crippen LogP contribution in [0.1, 0.15) is 31.7 Å². The van der Waals surface area contributed by atoms with Crippen molar-refractivity contribution in [2.75, 3.05) is 10.6 Å². The summed E-state index contributed by atoms with van der Waals surface area (Å²) in [5, 5.41) is 3.46. The zero-order valence-corrected chi connectivity index (χ0v) is 18.4. The molecule has 0 aliphatic carbocycles. The van der Waals surface area contributed by atoms with Crippen LogP contribution < -0.4 is 16.1 Å². The van der Waals surface area contributed by atoms with E-state index in [4.69, 9.17) is 0 Å². The first kappa shape index (κ1) is 24.2.